The molecule has 0 fully saturated rings. The Morgan fingerprint density at radius 2 is 2.16 bits per heavy atom. The summed E-state index contributed by atoms with van der Waals surface area (Å²) in [5, 5.41) is 11.9. The minimum Gasteiger partial charge on any atom is -0.334 e. The summed E-state index contributed by atoms with van der Waals surface area (Å²) in [6.45, 7) is 0.293. The normalized spacial score (nSPS) is 10.5. The second-order valence-corrected chi connectivity index (χ2v) is 4.85. The van der Waals surface area contributed by atoms with Crippen molar-refractivity contribution in [3.05, 3.63) is 39.6 Å². The summed E-state index contributed by atoms with van der Waals surface area (Å²) >= 11 is 11.8. The van der Waals surface area contributed by atoms with Crippen LogP contribution in [0.4, 0.5) is 0 Å². The van der Waals surface area contributed by atoms with Gasteiger partial charge >= 0.3 is 0 Å². The lowest BCUT2D eigenvalue weighted by molar-refractivity contribution is 0.0780. The molecule has 19 heavy (non-hydrogen) atoms. The number of nitrogens with zero attached hydrogens (tertiary/aromatic N) is 5. The molecule has 1 amide bonds. The highest BCUT2D eigenvalue weighted by molar-refractivity contribution is 6.36. The molecule has 0 aliphatic heterocycles. The summed E-state index contributed by atoms with van der Waals surface area (Å²) in [7, 11) is 3.37. The van der Waals surface area contributed by atoms with Crippen molar-refractivity contribution in [3.8, 4) is 0 Å². The third-order valence-corrected chi connectivity index (χ3v) is 3.14. The summed E-state index contributed by atoms with van der Waals surface area (Å²) in [5.74, 6) is 0.366. The van der Waals surface area contributed by atoms with Crippen LogP contribution in [0.3, 0.4) is 0 Å². The third-order valence-electron chi connectivity index (χ3n) is 2.59. The van der Waals surface area contributed by atoms with E-state index in [1.165, 1.54) is 15.6 Å². The monoisotopic (exact) mass is 299 g/mol. The number of amides is 1. The second kappa shape index (κ2) is 5.54. The highest BCUT2D eigenvalue weighted by Gasteiger charge is 2.17. The molecular weight excluding hydrogens is 289 g/mol. The largest absolute Gasteiger partial charge is 0.334 e. The first-order valence-corrected chi connectivity index (χ1v) is 6.16. The third kappa shape index (κ3) is 3.02. The van der Waals surface area contributed by atoms with Gasteiger partial charge < -0.3 is 4.90 Å². The molecule has 2 rings (SSSR count). The van der Waals surface area contributed by atoms with Crippen molar-refractivity contribution >= 4 is 29.1 Å². The van der Waals surface area contributed by atoms with Gasteiger partial charge in [-0.05, 0) is 28.6 Å². The fraction of sp³-hybridized carbons (Fsp3) is 0.273. The Morgan fingerprint density at radius 1 is 1.42 bits per heavy atom. The Bertz CT molecular complexity index is 613. The Labute approximate surface area is 119 Å². The van der Waals surface area contributed by atoms with Crippen molar-refractivity contribution in [1.29, 1.82) is 0 Å². The average molecular weight is 300 g/mol. The first-order valence-electron chi connectivity index (χ1n) is 5.41. The van der Waals surface area contributed by atoms with Gasteiger partial charge in [-0.3, -0.25) is 4.79 Å². The molecule has 0 aliphatic carbocycles. The molecule has 6 nitrogen and oxygen atoms in total. The van der Waals surface area contributed by atoms with Crippen LogP contribution in [0.25, 0.3) is 0 Å². The van der Waals surface area contributed by atoms with Gasteiger partial charge in [-0.15, -0.1) is 5.10 Å². The van der Waals surface area contributed by atoms with E-state index in [-0.39, 0.29) is 5.91 Å². The fourth-order valence-corrected chi connectivity index (χ4v) is 2.02. The Hall–Kier alpha value is -1.66. The van der Waals surface area contributed by atoms with E-state index in [1.54, 1.807) is 26.2 Å². The van der Waals surface area contributed by atoms with Gasteiger partial charge in [-0.2, -0.15) is 0 Å². The highest BCUT2D eigenvalue weighted by Crippen LogP contribution is 2.22. The van der Waals surface area contributed by atoms with Crippen molar-refractivity contribution in [3.63, 3.8) is 0 Å². The summed E-state index contributed by atoms with van der Waals surface area (Å²) < 4.78 is 1.51. The highest BCUT2D eigenvalue weighted by atomic mass is 35.5. The zero-order valence-corrected chi connectivity index (χ0v) is 11.9. The molecule has 0 N–H and O–H groups in total. The number of halogens is 2. The standard InChI is InChI=1S/C11H11Cl2N5O/c1-17(6-10-14-15-16-18(10)2)11(19)8-4-3-7(12)5-9(8)13/h3-5H,6H2,1-2H3. The van der Waals surface area contributed by atoms with Crippen LogP contribution < -0.4 is 0 Å². The van der Waals surface area contributed by atoms with Crippen LogP contribution >= 0.6 is 23.2 Å². The van der Waals surface area contributed by atoms with Gasteiger partial charge in [-0.1, -0.05) is 23.2 Å². The van der Waals surface area contributed by atoms with E-state index >= 15 is 0 Å². The Balaban J connectivity index is 2.17. The number of rotatable bonds is 3. The van der Waals surface area contributed by atoms with E-state index in [4.69, 9.17) is 23.2 Å². The van der Waals surface area contributed by atoms with E-state index in [1.807, 2.05) is 0 Å². The predicted molar refractivity (Wildman–Crippen MR) is 71.1 cm³/mol. The van der Waals surface area contributed by atoms with Crippen LogP contribution in [0.2, 0.25) is 10.0 Å². The van der Waals surface area contributed by atoms with Gasteiger partial charge in [0.05, 0.1) is 17.1 Å². The molecule has 0 radical (unpaired) electrons. The van der Waals surface area contributed by atoms with Crippen LogP contribution in [-0.2, 0) is 13.6 Å². The average Bonchev–Trinajstić information content (AvgIpc) is 2.74. The van der Waals surface area contributed by atoms with E-state index in [2.05, 4.69) is 15.5 Å². The maximum Gasteiger partial charge on any atom is 0.255 e. The first-order chi connectivity index (χ1) is 8.99. The van der Waals surface area contributed by atoms with Crippen molar-refractivity contribution < 1.29 is 4.79 Å². The van der Waals surface area contributed by atoms with Crippen molar-refractivity contribution in [2.75, 3.05) is 7.05 Å². The summed E-state index contributed by atoms with van der Waals surface area (Å²) in [6, 6.07) is 4.75. The van der Waals surface area contributed by atoms with Gasteiger partial charge in [0.1, 0.15) is 0 Å². The number of benzene rings is 1. The maximum atomic E-state index is 12.2. The molecule has 0 saturated carbocycles. The predicted octanol–water partition coefficient (Wildman–Crippen LogP) is 1.79. The molecule has 1 aromatic carbocycles. The molecule has 0 atom stereocenters. The van der Waals surface area contributed by atoms with E-state index < -0.39 is 0 Å². The summed E-state index contributed by atoms with van der Waals surface area (Å²) in [5.41, 5.74) is 0.392. The summed E-state index contributed by atoms with van der Waals surface area (Å²) in [6.07, 6.45) is 0. The van der Waals surface area contributed by atoms with Crippen molar-refractivity contribution in [2.45, 2.75) is 6.54 Å². The number of hydrogen-bond acceptors (Lipinski definition) is 4. The van der Waals surface area contributed by atoms with E-state index in [0.717, 1.165) is 0 Å². The van der Waals surface area contributed by atoms with Crippen molar-refractivity contribution in [2.24, 2.45) is 7.05 Å². The molecule has 100 valence electrons. The Kier molecular flexibility index (Phi) is 4.01. The number of carbonyl (C=O) groups is 1. The van der Waals surface area contributed by atoms with E-state index in [9.17, 15) is 4.79 Å². The topological polar surface area (TPSA) is 63.9 Å². The lowest BCUT2D eigenvalue weighted by Crippen LogP contribution is -2.27. The number of aryl methyl sites for hydroxylation is 1. The minimum absolute atomic E-state index is 0.218. The van der Waals surface area contributed by atoms with Crippen molar-refractivity contribution in [1.82, 2.24) is 25.1 Å². The second-order valence-electron chi connectivity index (χ2n) is 4.00. The Morgan fingerprint density at radius 3 is 2.74 bits per heavy atom. The van der Waals surface area contributed by atoms with Gasteiger partial charge in [0.25, 0.3) is 5.91 Å². The molecule has 0 aliphatic rings. The molecular formula is C11H11Cl2N5O. The molecule has 8 heteroatoms. The SMILES string of the molecule is CN(Cc1nnnn1C)C(=O)c1ccc(Cl)cc1Cl. The number of tetrazole rings is 1. The van der Waals surface area contributed by atoms with Crippen LogP contribution in [0.5, 0.6) is 0 Å². The number of aromatic nitrogens is 4. The fourth-order valence-electron chi connectivity index (χ4n) is 1.53. The van der Waals surface area contributed by atoms with Crippen LogP contribution in [0.15, 0.2) is 18.2 Å². The summed E-state index contributed by atoms with van der Waals surface area (Å²) in [4.78, 5) is 13.7. The van der Waals surface area contributed by atoms with Crippen LogP contribution in [0, 0.1) is 0 Å². The number of carbonyl (C=O) groups excluding carboxylic acids is 1. The van der Waals surface area contributed by atoms with Gasteiger partial charge in [0.2, 0.25) is 0 Å². The molecule has 2 aromatic rings. The minimum atomic E-state index is -0.218. The van der Waals surface area contributed by atoms with Crippen LogP contribution in [0.1, 0.15) is 16.2 Å². The van der Waals surface area contributed by atoms with Gasteiger partial charge in [0, 0.05) is 19.1 Å². The molecule has 1 heterocycles. The molecule has 0 unspecified atom stereocenters. The molecule has 0 saturated heterocycles. The lowest BCUT2D eigenvalue weighted by atomic mass is 10.2. The van der Waals surface area contributed by atoms with Gasteiger partial charge in [-0.25, -0.2) is 4.68 Å². The molecule has 0 spiro atoms. The molecule has 1 aromatic heterocycles. The van der Waals surface area contributed by atoms with Crippen LogP contribution in [-0.4, -0.2) is 38.1 Å². The first kappa shape index (κ1) is 13.8. The maximum absolute atomic E-state index is 12.2. The zero-order chi connectivity index (χ0) is 14.0. The molecule has 0 bridgehead atoms. The lowest BCUT2D eigenvalue weighted by Gasteiger charge is -2.16. The zero-order valence-electron chi connectivity index (χ0n) is 10.3. The quantitative estimate of drug-likeness (QED) is 0.867. The van der Waals surface area contributed by atoms with Gasteiger partial charge in [0.15, 0.2) is 5.82 Å². The smallest absolute Gasteiger partial charge is 0.255 e. The number of hydrogen-bond donors (Lipinski definition) is 0. The van der Waals surface area contributed by atoms with E-state index in [0.29, 0.717) is 28.0 Å².